The second-order valence-electron chi connectivity index (χ2n) is 6.55. The number of nitrogens with zero attached hydrogens (tertiary/aromatic N) is 4. The highest BCUT2D eigenvalue weighted by atomic mass is 32.2. The number of thioether (sulfide) groups is 1. The summed E-state index contributed by atoms with van der Waals surface area (Å²) in [6.07, 6.45) is 1.86. The molecule has 7 nitrogen and oxygen atoms in total. The highest BCUT2D eigenvalue weighted by Crippen LogP contribution is 2.34. The molecule has 2 saturated heterocycles. The summed E-state index contributed by atoms with van der Waals surface area (Å²) in [5.74, 6) is 0.103. The van der Waals surface area contributed by atoms with Crippen molar-refractivity contribution < 1.29 is 14.3 Å². The minimum atomic E-state index is -0.502. The first-order valence-electron chi connectivity index (χ1n) is 7.96. The molecule has 1 spiro atoms. The maximum Gasteiger partial charge on any atom is 0.410 e. The van der Waals surface area contributed by atoms with Crippen LogP contribution in [0.3, 0.4) is 0 Å². The summed E-state index contributed by atoms with van der Waals surface area (Å²) in [6.45, 7) is 3.54. The van der Waals surface area contributed by atoms with E-state index in [1.807, 2.05) is 10.3 Å². The van der Waals surface area contributed by atoms with Gasteiger partial charge in [0.05, 0.1) is 19.5 Å². The van der Waals surface area contributed by atoms with E-state index in [0.717, 1.165) is 36.8 Å². The zero-order valence-electron chi connectivity index (χ0n) is 13.2. The molecule has 0 bridgehead atoms. The summed E-state index contributed by atoms with van der Waals surface area (Å²) < 4.78 is 5.50. The first-order valence-corrected chi connectivity index (χ1v) is 8.84. The molecule has 124 valence electrons. The Bertz CT molecular complexity index is 620. The van der Waals surface area contributed by atoms with Crippen molar-refractivity contribution in [2.75, 3.05) is 39.8 Å². The summed E-state index contributed by atoms with van der Waals surface area (Å²) >= 11 is 1.61. The Balaban J connectivity index is 1.38. The number of likely N-dealkylation sites (tertiary alicyclic amines) is 1. The van der Waals surface area contributed by atoms with Crippen LogP contribution in [0.15, 0.2) is 16.1 Å². The molecule has 0 saturated carbocycles. The maximum atomic E-state index is 12.6. The first kappa shape index (κ1) is 14.9. The van der Waals surface area contributed by atoms with Gasteiger partial charge in [0, 0.05) is 38.8 Å². The third-order valence-corrected chi connectivity index (χ3v) is 5.76. The van der Waals surface area contributed by atoms with Gasteiger partial charge >= 0.3 is 6.09 Å². The Hall–Kier alpha value is -1.70. The standard InChI is InChI=1S/C15H20N4O3S/c1-17-9-15(22-14(17)21)3-6-18(10-15)12(20)7-11-8-23-13-16-4-2-5-19(11)13/h8H,2-7,9-10H2,1H3. The van der Waals surface area contributed by atoms with E-state index in [1.165, 1.54) is 0 Å². The van der Waals surface area contributed by atoms with Crippen LogP contribution < -0.4 is 0 Å². The van der Waals surface area contributed by atoms with E-state index in [0.29, 0.717) is 26.1 Å². The van der Waals surface area contributed by atoms with Gasteiger partial charge in [-0.05, 0) is 11.8 Å². The quantitative estimate of drug-likeness (QED) is 0.755. The number of rotatable bonds is 2. The van der Waals surface area contributed by atoms with Crippen LogP contribution in [0.5, 0.6) is 0 Å². The molecule has 2 fully saturated rings. The van der Waals surface area contributed by atoms with Gasteiger partial charge in [0.2, 0.25) is 5.91 Å². The number of aliphatic imine (C=N–C) groups is 1. The van der Waals surface area contributed by atoms with Crippen molar-refractivity contribution in [1.82, 2.24) is 14.7 Å². The van der Waals surface area contributed by atoms with Gasteiger partial charge in [-0.2, -0.15) is 0 Å². The average Bonchev–Trinajstić information content (AvgIpc) is 3.19. The third-order valence-electron chi connectivity index (χ3n) is 4.81. The molecule has 0 aromatic rings. The first-order chi connectivity index (χ1) is 11.1. The number of fused-ring (bicyclic) bond motifs is 1. The van der Waals surface area contributed by atoms with Gasteiger partial charge < -0.3 is 19.4 Å². The van der Waals surface area contributed by atoms with Gasteiger partial charge in [-0.1, -0.05) is 11.8 Å². The average molecular weight is 336 g/mol. The number of ether oxygens (including phenoxy) is 1. The molecule has 0 aliphatic carbocycles. The van der Waals surface area contributed by atoms with Crippen molar-refractivity contribution in [2.45, 2.75) is 24.9 Å². The van der Waals surface area contributed by atoms with Crippen molar-refractivity contribution in [3.63, 3.8) is 0 Å². The van der Waals surface area contributed by atoms with Crippen LogP contribution in [0, 0.1) is 0 Å². The SMILES string of the molecule is CN1CC2(CCN(C(=O)CC3=CSC4=NCCCN34)C2)OC1=O. The lowest BCUT2D eigenvalue weighted by Gasteiger charge is -2.26. The minimum absolute atomic E-state index is 0.103. The number of carbonyl (C=O) groups is 2. The lowest BCUT2D eigenvalue weighted by atomic mass is 10.0. The number of carbonyl (C=O) groups excluding carboxylic acids is 2. The molecule has 8 heteroatoms. The Morgan fingerprint density at radius 3 is 3.09 bits per heavy atom. The zero-order chi connectivity index (χ0) is 16.0. The Labute approximate surface area is 139 Å². The number of hydrogen-bond acceptors (Lipinski definition) is 6. The van der Waals surface area contributed by atoms with Crippen LogP contribution in [0.1, 0.15) is 19.3 Å². The largest absolute Gasteiger partial charge is 0.439 e. The predicted molar refractivity (Wildman–Crippen MR) is 87.0 cm³/mol. The molecule has 4 heterocycles. The molecule has 0 radical (unpaired) electrons. The highest BCUT2D eigenvalue weighted by molar-refractivity contribution is 8.16. The second kappa shape index (κ2) is 5.43. The van der Waals surface area contributed by atoms with Crippen LogP contribution in [0.4, 0.5) is 4.79 Å². The molecule has 0 N–H and O–H groups in total. The fourth-order valence-corrected chi connectivity index (χ4v) is 4.56. The predicted octanol–water partition coefficient (Wildman–Crippen LogP) is 1.08. The van der Waals surface area contributed by atoms with E-state index >= 15 is 0 Å². The van der Waals surface area contributed by atoms with Gasteiger partial charge in [0.15, 0.2) is 10.8 Å². The Kier molecular flexibility index (Phi) is 3.51. The minimum Gasteiger partial charge on any atom is -0.439 e. The third kappa shape index (κ3) is 2.58. The molecule has 1 atom stereocenters. The Morgan fingerprint density at radius 2 is 2.30 bits per heavy atom. The van der Waals surface area contributed by atoms with E-state index in [9.17, 15) is 9.59 Å². The van der Waals surface area contributed by atoms with Crippen molar-refractivity contribution in [3.05, 3.63) is 11.1 Å². The van der Waals surface area contributed by atoms with Crippen LogP contribution in [-0.2, 0) is 9.53 Å². The summed E-state index contributed by atoms with van der Waals surface area (Å²) in [7, 11) is 1.74. The van der Waals surface area contributed by atoms with Crippen LogP contribution in [-0.4, -0.2) is 77.2 Å². The number of amidine groups is 1. The van der Waals surface area contributed by atoms with E-state index < -0.39 is 5.60 Å². The smallest absolute Gasteiger partial charge is 0.410 e. The molecular weight excluding hydrogens is 316 g/mol. The molecule has 4 rings (SSSR count). The van der Waals surface area contributed by atoms with Gasteiger partial charge in [-0.15, -0.1) is 0 Å². The topological polar surface area (TPSA) is 65.4 Å². The van der Waals surface area contributed by atoms with Gasteiger partial charge in [-0.3, -0.25) is 9.79 Å². The molecule has 23 heavy (non-hydrogen) atoms. The van der Waals surface area contributed by atoms with Gasteiger partial charge in [-0.25, -0.2) is 4.79 Å². The summed E-state index contributed by atoms with van der Waals surface area (Å²) in [5, 5.41) is 3.06. The molecule has 0 aromatic carbocycles. The molecule has 2 amide bonds. The molecular formula is C15H20N4O3S. The van der Waals surface area contributed by atoms with Crippen molar-refractivity contribution in [1.29, 1.82) is 0 Å². The zero-order valence-corrected chi connectivity index (χ0v) is 14.0. The molecule has 1 unspecified atom stereocenters. The normalized spacial score (nSPS) is 29.8. The Morgan fingerprint density at radius 1 is 1.43 bits per heavy atom. The molecule has 4 aliphatic rings. The fraction of sp³-hybridized carbons (Fsp3) is 0.667. The summed E-state index contributed by atoms with van der Waals surface area (Å²) in [6, 6.07) is 0. The monoisotopic (exact) mass is 336 g/mol. The van der Waals surface area contributed by atoms with Crippen molar-refractivity contribution in [2.24, 2.45) is 4.99 Å². The van der Waals surface area contributed by atoms with Crippen LogP contribution >= 0.6 is 11.8 Å². The number of likely N-dealkylation sites (N-methyl/N-ethyl adjacent to an activating group) is 1. The van der Waals surface area contributed by atoms with E-state index in [4.69, 9.17) is 4.74 Å². The van der Waals surface area contributed by atoms with E-state index in [1.54, 1.807) is 23.7 Å². The van der Waals surface area contributed by atoms with Crippen molar-refractivity contribution >= 4 is 28.9 Å². The maximum absolute atomic E-state index is 12.6. The van der Waals surface area contributed by atoms with Gasteiger partial charge in [0.25, 0.3) is 0 Å². The van der Waals surface area contributed by atoms with Crippen molar-refractivity contribution in [3.8, 4) is 0 Å². The summed E-state index contributed by atoms with van der Waals surface area (Å²) in [5.41, 5.74) is 0.540. The lowest BCUT2D eigenvalue weighted by Crippen LogP contribution is -2.39. The van der Waals surface area contributed by atoms with E-state index in [2.05, 4.69) is 9.89 Å². The van der Waals surface area contributed by atoms with Crippen LogP contribution in [0.2, 0.25) is 0 Å². The van der Waals surface area contributed by atoms with Gasteiger partial charge in [0.1, 0.15) is 0 Å². The number of amides is 2. The second-order valence-corrected chi connectivity index (χ2v) is 7.38. The fourth-order valence-electron chi connectivity index (χ4n) is 3.60. The van der Waals surface area contributed by atoms with E-state index in [-0.39, 0.29) is 12.0 Å². The lowest BCUT2D eigenvalue weighted by molar-refractivity contribution is -0.130. The number of hydrogen-bond donors (Lipinski definition) is 0. The van der Waals surface area contributed by atoms with Crippen LogP contribution in [0.25, 0.3) is 0 Å². The highest BCUT2D eigenvalue weighted by Gasteiger charge is 2.49. The molecule has 4 aliphatic heterocycles. The molecule has 0 aromatic heterocycles. The summed E-state index contributed by atoms with van der Waals surface area (Å²) in [4.78, 5) is 34.3.